The summed E-state index contributed by atoms with van der Waals surface area (Å²) >= 11 is 0. The molecule has 62 valence electrons. The lowest BCUT2D eigenvalue weighted by Crippen LogP contribution is -2.52. The quantitative estimate of drug-likeness (QED) is 0.554. The third-order valence-electron chi connectivity index (χ3n) is 1.67. The Morgan fingerprint density at radius 3 is 2.30 bits per heavy atom. The van der Waals surface area contributed by atoms with E-state index in [2.05, 4.69) is 24.1 Å². The third kappa shape index (κ3) is 3.15. The Morgan fingerprint density at radius 2 is 2.00 bits per heavy atom. The van der Waals surface area contributed by atoms with Crippen LogP contribution in [0.25, 0.3) is 0 Å². The second-order valence-electron chi connectivity index (χ2n) is 2.76. The molecule has 0 aliphatic carbocycles. The first-order valence-corrected chi connectivity index (χ1v) is 3.80. The van der Waals surface area contributed by atoms with Crippen molar-refractivity contribution in [2.75, 3.05) is 13.6 Å². The molecule has 0 spiro atoms. The van der Waals surface area contributed by atoms with Crippen molar-refractivity contribution < 1.29 is 0 Å². The molecule has 3 N–H and O–H groups in total. The van der Waals surface area contributed by atoms with Crippen LogP contribution in [0.1, 0.15) is 20.8 Å². The molecule has 0 aromatic carbocycles. The van der Waals surface area contributed by atoms with Gasteiger partial charge in [-0.05, 0) is 27.4 Å². The van der Waals surface area contributed by atoms with E-state index in [1.165, 1.54) is 0 Å². The largest absolute Gasteiger partial charge is 0.303 e. The van der Waals surface area contributed by atoms with Gasteiger partial charge in [-0.2, -0.15) is 0 Å². The van der Waals surface area contributed by atoms with Crippen LogP contribution in [0.5, 0.6) is 0 Å². The van der Waals surface area contributed by atoms with Crippen LogP contribution < -0.4 is 11.1 Å². The second-order valence-corrected chi connectivity index (χ2v) is 2.76. The van der Waals surface area contributed by atoms with Crippen molar-refractivity contribution >= 4 is 0 Å². The van der Waals surface area contributed by atoms with Crippen molar-refractivity contribution in [2.45, 2.75) is 33.1 Å². The summed E-state index contributed by atoms with van der Waals surface area (Å²) in [5, 5.41) is 3.13. The fourth-order valence-electron chi connectivity index (χ4n) is 0.674. The Balaban J connectivity index is 3.58. The predicted octanol–water partition coefficient (Wildman–Crippen LogP) is 0.178. The van der Waals surface area contributed by atoms with Crippen molar-refractivity contribution in [1.29, 1.82) is 0 Å². The van der Waals surface area contributed by atoms with Crippen molar-refractivity contribution in [3.05, 3.63) is 0 Å². The van der Waals surface area contributed by atoms with Gasteiger partial charge in [-0.3, -0.25) is 10.2 Å². The SMILES string of the molecule is CCNC(N)N(C)C(C)C. The molecule has 0 amide bonds. The molecule has 10 heavy (non-hydrogen) atoms. The van der Waals surface area contributed by atoms with E-state index in [9.17, 15) is 0 Å². The maximum Gasteiger partial charge on any atom is 0.111 e. The van der Waals surface area contributed by atoms with E-state index >= 15 is 0 Å². The molecule has 0 aromatic rings. The first-order valence-electron chi connectivity index (χ1n) is 3.80. The Labute approximate surface area is 63.6 Å². The molecular weight excluding hydrogens is 126 g/mol. The molecule has 0 heterocycles. The molecule has 0 bridgehead atoms. The summed E-state index contributed by atoms with van der Waals surface area (Å²) in [4.78, 5) is 2.09. The molecule has 1 atom stereocenters. The highest BCUT2D eigenvalue weighted by molar-refractivity contribution is 4.61. The molecule has 0 fully saturated rings. The number of hydrogen-bond donors (Lipinski definition) is 2. The lowest BCUT2D eigenvalue weighted by atomic mass is 10.3. The fourth-order valence-corrected chi connectivity index (χ4v) is 0.674. The normalized spacial score (nSPS) is 14.7. The molecule has 0 saturated heterocycles. The fraction of sp³-hybridized carbons (Fsp3) is 1.00. The molecular formula is C7H19N3. The average Bonchev–Trinajstić information content (AvgIpc) is 1.87. The van der Waals surface area contributed by atoms with Crippen LogP contribution in [0.2, 0.25) is 0 Å². The Kier molecular flexibility index (Phi) is 4.60. The minimum Gasteiger partial charge on any atom is -0.303 e. The van der Waals surface area contributed by atoms with Crippen LogP contribution in [0, 0.1) is 0 Å². The van der Waals surface area contributed by atoms with Gasteiger partial charge >= 0.3 is 0 Å². The first kappa shape index (κ1) is 9.88. The number of rotatable bonds is 4. The smallest absolute Gasteiger partial charge is 0.111 e. The molecule has 0 rings (SSSR count). The van der Waals surface area contributed by atoms with Crippen LogP contribution in [0.15, 0.2) is 0 Å². The lowest BCUT2D eigenvalue weighted by Gasteiger charge is -2.28. The highest BCUT2D eigenvalue weighted by Gasteiger charge is 2.09. The second kappa shape index (κ2) is 4.66. The highest BCUT2D eigenvalue weighted by atomic mass is 15.3. The Morgan fingerprint density at radius 1 is 1.50 bits per heavy atom. The Hall–Kier alpha value is -0.120. The molecule has 0 aliphatic heterocycles. The van der Waals surface area contributed by atoms with E-state index in [0.29, 0.717) is 6.04 Å². The van der Waals surface area contributed by atoms with Gasteiger partial charge in [0.2, 0.25) is 0 Å². The minimum atomic E-state index is -0.00926. The molecule has 0 aromatic heterocycles. The maximum atomic E-state index is 5.74. The molecule has 3 nitrogen and oxygen atoms in total. The summed E-state index contributed by atoms with van der Waals surface area (Å²) < 4.78 is 0. The number of nitrogens with two attached hydrogens (primary N) is 1. The molecule has 3 heteroatoms. The van der Waals surface area contributed by atoms with Gasteiger partial charge in [0, 0.05) is 6.04 Å². The van der Waals surface area contributed by atoms with Gasteiger partial charge in [0.15, 0.2) is 0 Å². The zero-order valence-corrected chi connectivity index (χ0v) is 7.39. The summed E-state index contributed by atoms with van der Waals surface area (Å²) in [5.41, 5.74) is 5.74. The van der Waals surface area contributed by atoms with Gasteiger partial charge in [0.05, 0.1) is 0 Å². The van der Waals surface area contributed by atoms with Gasteiger partial charge in [0.1, 0.15) is 6.29 Å². The first-order chi connectivity index (χ1) is 4.59. The standard InChI is InChI=1S/C7H19N3/c1-5-9-7(8)10(4)6(2)3/h6-7,9H,5,8H2,1-4H3. The predicted molar refractivity (Wildman–Crippen MR) is 44.6 cm³/mol. The van der Waals surface area contributed by atoms with E-state index in [-0.39, 0.29) is 6.29 Å². The zero-order chi connectivity index (χ0) is 8.15. The maximum absolute atomic E-state index is 5.74. The monoisotopic (exact) mass is 145 g/mol. The van der Waals surface area contributed by atoms with Crippen LogP contribution in [0.4, 0.5) is 0 Å². The van der Waals surface area contributed by atoms with E-state index in [0.717, 1.165) is 6.54 Å². The van der Waals surface area contributed by atoms with E-state index < -0.39 is 0 Å². The summed E-state index contributed by atoms with van der Waals surface area (Å²) in [6.07, 6.45) is -0.00926. The van der Waals surface area contributed by atoms with Crippen LogP contribution in [0.3, 0.4) is 0 Å². The molecule has 0 saturated carbocycles. The number of hydrogen-bond acceptors (Lipinski definition) is 3. The molecule has 0 radical (unpaired) electrons. The summed E-state index contributed by atoms with van der Waals surface area (Å²) in [5.74, 6) is 0. The van der Waals surface area contributed by atoms with E-state index in [1.54, 1.807) is 0 Å². The summed E-state index contributed by atoms with van der Waals surface area (Å²) in [6.45, 7) is 7.21. The van der Waals surface area contributed by atoms with Crippen LogP contribution in [-0.2, 0) is 0 Å². The van der Waals surface area contributed by atoms with Gasteiger partial charge in [-0.15, -0.1) is 0 Å². The van der Waals surface area contributed by atoms with Crippen molar-refractivity contribution in [3.8, 4) is 0 Å². The van der Waals surface area contributed by atoms with Gasteiger partial charge < -0.3 is 5.73 Å². The van der Waals surface area contributed by atoms with Gasteiger partial charge in [0.25, 0.3) is 0 Å². The number of nitrogens with one attached hydrogen (secondary N) is 1. The minimum absolute atomic E-state index is 0.00926. The van der Waals surface area contributed by atoms with Gasteiger partial charge in [-0.1, -0.05) is 6.92 Å². The summed E-state index contributed by atoms with van der Waals surface area (Å²) in [7, 11) is 2.01. The van der Waals surface area contributed by atoms with Crippen LogP contribution in [-0.4, -0.2) is 30.8 Å². The topological polar surface area (TPSA) is 41.3 Å². The van der Waals surface area contributed by atoms with Crippen molar-refractivity contribution in [3.63, 3.8) is 0 Å². The average molecular weight is 145 g/mol. The highest BCUT2D eigenvalue weighted by Crippen LogP contribution is 1.93. The van der Waals surface area contributed by atoms with E-state index in [1.807, 2.05) is 14.0 Å². The van der Waals surface area contributed by atoms with Crippen molar-refractivity contribution in [2.24, 2.45) is 5.73 Å². The molecule has 0 aliphatic rings. The zero-order valence-electron chi connectivity index (χ0n) is 7.39. The van der Waals surface area contributed by atoms with Crippen LogP contribution >= 0.6 is 0 Å². The van der Waals surface area contributed by atoms with Gasteiger partial charge in [-0.25, -0.2) is 0 Å². The van der Waals surface area contributed by atoms with E-state index in [4.69, 9.17) is 5.73 Å². The third-order valence-corrected chi connectivity index (χ3v) is 1.67. The Bertz CT molecular complexity index is 82.9. The van der Waals surface area contributed by atoms with Crippen molar-refractivity contribution in [1.82, 2.24) is 10.2 Å². The molecule has 1 unspecified atom stereocenters. The number of nitrogens with zero attached hydrogens (tertiary/aromatic N) is 1. The summed E-state index contributed by atoms with van der Waals surface area (Å²) in [6, 6.07) is 0.494. The lowest BCUT2D eigenvalue weighted by molar-refractivity contribution is 0.170.